The summed E-state index contributed by atoms with van der Waals surface area (Å²) in [6.07, 6.45) is 1.93. The lowest BCUT2D eigenvalue weighted by atomic mass is 9.96. The van der Waals surface area contributed by atoms with Crippen molar-refractivity contribution in [2.24, 2.45) is 5.92 Å². The molecule has 0 saturated carbocycles. The average molecular weight is 467 g/mol. The number of para-hydroxylation sites is 1. The smallest absolute Gasteiger partial charge is 0.230 e. The third kappa shape index (κ3) is 4.24. The number of carbonyl (C=O) groups is 1. The van der Waals surface area contributed by atoms with Crippen LogP contribution in [-0.4, -0.2) is 37.8 Å². The number of carbonyl (C=O) groups excluding carboxylic acids is 1. The number of benzene rings is 2. The van der Waals surface area contributed by atoms with Crippen molar-refractivity contribution >= 4 is 44.8 Å². The van der Waals surface area contributed by atoms with Gasteiger partial charge in [-0.1, -0.05) is 47.5 Å². The second-order valence-corrected chi connectivity index (χ2v) is 10.9. The summed E-state index contributed by atoms with van der Waals surface area (Å²) >= 11 is 11.9. The van der Waals surface area contributed by atoms with E-state index in [1.165, 1.54) is 9.87 Å². The Hall–Kier alpha value is -1.60. The van der Waals surface area contributed by atoms with E-state index in [-0.39, 0.29) is 23.6 Å². The molecule has 2 heterocycles. The molecule has 2 aliphatic heterocycles. The number of hydrogen-bond acceptors (Lipinski definition) is 3. The monoisotopic (exact) mass is 466 g/mol. The summed E-state index contributed by atoms with van der Waals surface area (Å²) < 4.78 is 27.2. The van der Waals surface area contributed by atoms with Crippen molar-refractivity contribution in [1.29, 1.82) is 0 Å². The number of hydrogen-bond donors (Lipinski definition) is 0. The van der Waals surface area contributed by atoms with Crippen LogP contribution >= 0.6 is 23.2 Å². The minimum absolute atomic E-state index is 0.106. The fraction of sp³-hybridized carbons (Fsp3) is 0.409. The van der Waals surface area contributed by atoms with E-state index >= 15 is 0 Å². The van der Waals surface area contributed by atoms with E-state index in [0.717, 1.165) is 12.1 Å². The van der Waals surface area contributed by atoms with Crippen LogP contribution in [0, 0.1) is 5.92 Å². The van der Waals surface area contributed by atoms with Gasteiger partial charge in [-0.15, -0.1) is 0 Å². The lowest BCUT2D eigenvalue weighted by Gasteiger charge is -2.34. The average Bonchev–Trinajstić information content (AvgIpc) is 3.06. The minimum atomic E-state index is -3.49. The maximum Gasteiger partial charge on any atom is 0.230 e. The molecule has 2 aromatic rings. The van der Waals surface area contributed by atoms with Crippen molar-refractivity contribution in [3.8, 4) is 0 Å². The highest BCUT2D eigenvalue weighted by Gasteiger charge is 2.37. The first-order valence-corrected chi connectivity index (χ1v) is 12.5. The molecule has 0 N–H and O–H groups in total. The van der Waals surface area contributed by atoms with Gasteiger partial charge in [0.05, 0.1) is 15.8 Å². The Morgan fingerprint density at radius 1 is 1.07 bits per heavy atom. The molecule has 1 atom stereocenters. The zero-order valence-electron chi connectivity index (χ0n) is 16.7. The first kappa shape index (κ1) is 21.6. The Balaban J connectivity index is 1.41. The van der Waals surface area contributed by atoms with Gasteiger partial charge in [0, 0.05) is 30.7 Å². The van der Waals surface area contributed by atoms with Gasteiger partial charge in [0.15, 0.2) is 0 Å². The van der Waals surface area contributed by atoms with E-state index in [1.807, 2.05) is 23.1 Å². The van der Waals surface area contributed by atoms with Crippen LogP contribution in [0.15, 0.2) is 42.5 Å². The fourth-order valence-electron chi connectivity index (χ4n) is 4.41. The summed E-state index contributed by atoms with van der Waals surface area (Å²) in [5.74, 6) is -0.178. The van der Waals surface area contributed by atoms with Gasteiger partial charge in [-0.25, -0.2) is 12.7 Å². The van der Waals surface area contributed by atoms with Gasteiger partial charge in [0.1, 0.15) is 0 Å². The van der Waals surface area contributed by atoms with Gasteiger partial charge in [-0.2, -0.15) is 0 Å². The number of fused-ring (bicyclic) bond motifs is 1. The van der Waals surface area contributed by atoms with E-state index < -0.39 is 10.0 Å². The summed E-state index contributed by atoms with van der Waals surface area (Å²) in [6.45, 7) is 2.77. The minimum Gasteiger partial charge on any atom is -0.309 e. The number of amides is 1. The number of anilines is 1. The lowest BCUT2D eigenvalue weighted by molar-refractivity contribution is -0.123. The van der Waals surface area contributed by atoms with Gasteiger partial charge in [-0.05, 0) is 55.5 Å². The Labute approximate surface area is 187 Å². The van der Waals surface area contributed by atoms with Crippen molar-refractivity contribution in [3.05, 3.63) is 63.6 Å². The van der Waals surface area contributed by atoms with Crippen molar-refractivity contribution in [2.45, 2.75) is 38.0 Å². The van der Waals surface area contributed by atoms with Crippen LogP contribution in [0.2, 0.25) is 10.0 Å². The molecule has 2 aromatic carbocycles. The van der Waals surface area contributed by atoms with Gasteiger partial charge in [-0.3, -0.25) is 4.79 Å². The summed E-state index contributed by atoms with van der Waals surface area (Å²) in [5.41, 5.74) is 2.79. The molecule has 2 aliphatic rings. The number of halogens is 2. The van der Waals surface area contributed by atoms with Crippen molar-refractivity contribution < 1.29 is 13.2 Å². The standard InChI is InChI=1S/C22H24Cl2N2O3S/c1-15-12-18-4-2-3-5-21(18)26(15)22(27)17-8-10-25(11-9-17)30(28,29)14-16-6-7-19(23)20(24)13-16/h2-7,13,15,17H,8-12,14H2,1H3. The molecule has 0 radical (unpaired) electrons. The predicted octanol–water partition coefficient (Wildman–Crippen LogP) is 4.51. The molecule has 1 amide bonds. The Kier molecular flexibility index (Phi) is 6.13. The molecule has 5 nitrogen and oxygen atoms in total. The molecule has 1 fully saturated rings. The number of piperidine rings is 1. The number of sulfonamides is 1. The topological polar surface area (TPSA) is 57.7 Å². The maximum absolute atomic E-state index is 13.2. The highest BCUT2D eigenvalue weighted by atomic mass is 35.5. The van der Waals surface area contributed by atoms with Crippen LogP contribution in [0.25, 0.3) is 0 Å². The second kappa shape index (κ2) is 8.50. The number of nitrogens with zero attached hydrogens (tertiary/aromatic N) is 2. The third-order valence-corrected chi connectivity index (χ3v) is 8.56. The summed E-state index contributed by atoms with van der Waals surface area (Å²) in [5, 5.41) is 0.739. The largest absolute Gasteiger partial charge is 0.309 e. The Bertz CT molecular complexity index is 1070. The lowest BCUT2D eigenvalue weighted by Crippen LogP contribution is -2.46. The zero-order valence-corrected chi connectivity index (χ0v) is 19.1. The van der Waals surface area contributed by atoms with E-state index in [4.69, 9.17) is 23.2 Å². The molecule has 160 valence electrons. The van der Waals surface area contributed by atoms with Crippen LogP contribution < -0.4 is 4.90 Å². The van der Waals surface area contributed by atoms with Gasteiger partial charge in [0.25, 0.3) is 0 Å². The first-order chi connectivity index (χ1) is 14.3. The molecule has 0 bridgehead atoms. The van der Waals surface area contributed by atoms with Crippen LogP contribution in [0.5, 0.6) is 0 Å². The first-order valence-electron chi connectivity index (χ1n) is 10.1. The van der Waals surface area contributed by atoms with Gasteiger partial charge in [0.2, 0.25) is 15.9 Å². The molecule has 4 rings (SSSR count). The normalized spacial score (nSPS) is 20.4. The molecule has 1 saturated heterocycles. The highest BCUT2D eigenvalue weighted by molar-refractivity contribution is 7.88. The van der Waals surface area contributed by atoms with Crippen molar-refractivity contribution in [1.82, 2.24) is 4.31 Å². The van der Waals surface area contributed by atoms with E-state index in [9.17, 15) is 13.2 Å². The van der Waals surface area contributed by atoms with Gasteiger partial charge < -0.3 is 4.90 Å². The molecule has 0 spiro atoms. The third-order valence-electron chi connectivity index (χ3n) is 5.97. The highest BCUT2D eigenvalue weighted by Crippen LogP contribution is 2.35. The Morgan fingerprint density at radius 3 is 2.47 bits per heavy atom. The number of rotatable bonds is 4. The molecular formula is C22H24Cl2N2O3S. The van der Waals surface area contributed by atoms with Crippen LogP contribution in [0.3, 0.4) is 0 Å². The van der Waals surface area contributed by atoms with Crippen LogP contribution in [0.1, 0.15) is 30.9 Å². The summed E-state index contributed by atoms with van der Waals surface area (Å²) in [4.78, 5) is 15.1. The van der Waals surface area contributed by atoms with Crippen molar-refractivity contribution in [3.63, 3.8) is 0 Å². The molecule has 0 aliphatic carbocycles. The Morgan fingerprint density at radius 2 is 1.77 bits per heavy atom. The predicted molar refractivity (Wildman–Crippen MR) is 120 cm³/mol. The summed E-state index contributed by atoms with van der Waals surface area (Å²) in [6, 6.07) is 13.0. The van der Waals surface area contributed by atoms with E-state index in [2.05, 4.69) is 13.0 Å². The quantitative estimate of drug-likeness (QED) is 0.665. The SMILES string of the molecule is CC1Cc2ccccc2N1C(=O)C1CCN(S(=O)(=O)Cc2ccc(Cl)c(Cl)c2)CC1. The molecule has 8 heteroatoms. The maximum atomic E-state index is 13.2. The summed E-state index contributed by atoms with van der Waals surface area (Å²) in [7, 11) is -3.49. The van der Waals surface area contributed by atoms with E-state index in [0.29, 0.717) is 41.5 Å². The van der Waals surface area contributed by atoms with Crippen LogP contribution in [0.4, 0.5) is 5.69 Å². The van der Waals surface area contributed by atoms with Gasteiger partial charge >= 0.3 is 0 Å². The second-order valence-electron chi connectivity index (χ2n) is 8.07. The zero-order chi connectivity index (χ0) is 21.5. The molecule has 0 aromatic heterocycles. The molecule has 30 heavy (non-hydrogen) atoms. The van der Waals surface area contributed by atoms with Crippen LogP contribution in [-0.2, 0) is 27.0 Å². The fourth-order valence-corrected chi connectivity index (χ4v) is 6.28. The van der Waals surface area contributed by atoms with Crippen molar-refractivity contribution in [2.75, 3.05) is 18.0 Å². The molecule has 1 unspecified atom stereocenters. The molecular weight excluding hydrogens is 443 g/mol. The van der Waals surface area contributed by atoms with E-state index in [1.54, 1.807) is 18.2 Å².